The number of Topliss-reactive ketones (excluding diaryl/α,β-unsaturated/α-hetero) is 1. The van der Waals surface area contributed by atoms with Crippen molar-refractivity contribution in [3.63, 3.8) is 0 Å². The molecule has 0 aromatic rings. The molecule has 0 spiro atoms. The Balaban J connectivity index is 2.26. The summed E-state index contributed by atoms with van der Waals surface area (Å²) in [6.45, 7) is 3.90. The van der Waals surface area contributed by atoms with E-state index in [1.807, 2.05) is 0 Å². The highest BCUT2D eigenvalue weighted by atomic mass is 16.1. The number of hydrogen-bond donors (Lipinski definition) is 1. The largest absolute Gasteiger partial charge is 0.322 e. The fraction of sp³-hybridized carbons (Fsp3) is 0.909. The Bertz CT molecular complexity index is 171. The predicted octanol–water partition coefficient (Wildman–Crippen LogP) is 2.12. The van der Waals surface area contributed by atoms with Gasteiger partial charge in [0.05, 0.1) is 6.04 Å². The SMILES string of the molecule is CC(=O)[C@@H](N)CC1CCC(C)CC1. The second kappa shape index (κ2) is 4.75. The van der Waals surface area contributed by atoms with Crippen LogP contribution in [0.15, 0.2) is 0 Å². The Kier molecular flexibility index (Phi) is 3.91. The summed E-state index contributed by atoms with van der Waals surface area (Å²) in [4.78, 5) is 11.0. The van der Waals surface area contributed by atoms with Crippen molar-refractivity contribution >= 4 is 5.78 Å². The number of rotatable bonds is 3. The molecule has 13 heavy (non-hydrogen) atoms. The minimum Gasteiger partial charge on any atom is -0.322 e. The second-order valence-electron chi connectivity index (χ2n) is 4.58. The quantitative estimate of drug-likeness (QED) is 0.728. The number of carbonyl (C=O) groups is 1. The van der Waals surface area contributed by atoms with Crippen LogP contribution in [0.3, 0.4) is 0 Å². The van der Waals surface area contributed by atoms with Gasteiger partial charge in [0.25, 0.3) is 0 Å². The number of carbonyl (C=O) groups excluding carboxylic acids is 1. The van der Waals surface area contributed by atoms with E-state index in [9.17, 15) is 4.79 Å². The van der Waals surface area contributed by atoms with E-state index in [4.69, 9.17) is 5.73 Å². The van der Waals surface area contributed by atoms with Gasteiger partial charge in [0.2, 0.25) is 0 Å². The maximum absolute atomic E-state index is 11.0. The lowest BCUT2D eigenvalue weighted by molar-refractivity contribution is -0.118. The molecule has 1 aliphatic rings. The highest BCUT2D eigenvalue weighted by molar-refractivity contribution is 5.81. The van der Waals surface area contributed by atoms with Gasteiger partial charge in [0.1, 0.15) is 5.78 Å². The molecule has 0 aromatic carbocycles. The highest BCUT2D eigenvalue weighted by Gasteiger charge is 2.21. The molecule has 0 unspecified atom stereocenters. The molecule has 0 aliphatic heterocycles. The van der Waals surface area contributed by atoms with E-state index in [-0.39, 0.29) is 11.8 Å². The van der Waals surface area contributed by atoms with Crippen LogP contribution < -0.4 is 5.73 Å². The van der Waals surface area contributed by atoms with Crippen molar-refractivity contribution in [3.8, 4) is 0 Å². The van der Waals surface area contributed by atoms with E-state index in [2.05, 4.69) is 6.92 Å². The second-order valence-corrected chi connectivity index (χ2v) is 4.58. The summed E-state index contributed by atoms with van der Waals surface area (Å²) in [6, 6.07) is -0.210. The van der Waals surface area contributed by atoms with Crippen LogP contribution in [-0.2, 0) is 4.79 Å². The lowest BCUT2D eigenvalue weighted by Gasteiger charge is -2.27. The molecule has 1 fully saturated rings. The highest BCUT2D eigenvalue weighted by Crippen LogP contribution is 2.30. The zero-order chi connectivity index (χ0) is 9.84. The van der Waals surface area contributed by atoms with Crippen LogP contribution in [0.25, 0.3) is 0 Å². The van der Waals surface area contributed by atoms with E-state index in [1.165, 1.54) is 25.7 Å². The van der Waals surface area contributed by atoms with E-state index >= 15 is 0 Å². The molecule has 0 aromatic heterocycles. The molecule has 1 aliphatic carbocycles. The molecule has 1 rings (SSSR count). The maximum atomic E-state index is 11.0. The Morgan fingerprint density at radius 1 is 1.38 bits per heavy atom. The molecule has 0 bridgehead atoms. The fourth-order valence-electron chi connectivity index (χ4n) is 2.09. The number of nitrogens with two attached hydrogens (primary N) is 1. The summed E-state index contributed by atoms with van der Waals surface area (Å²) in [5.74, 6) is 1.72. The minimum absolute atomic E-state index is 0.138. The van der Waals surface area contributed by atoms with Gasteiger partial charge in [-0.2, -0.15) is 0 Å². The number of hydrogen-bond acceptors (Lipinski definition) is 2. The first-order chi connectivity index (χ1) is 6.09. The first kappa shape index (κ1) is 10.7. The van der Waals surface area contributed by atoms with Crippen LogP contribution in [0.5, 0.6) is 0 Å². The fourth-order valence-corrected chi connectivity index (χ4v) is 2.09. The molecule has 0 amide bonds. The maximum Gasteiger partial charge on any atom is 0.146 e. The molecule has 2 N–H and O–H groups in total. The third kappa shape index (κ3) is 3.47. The summed E-state index contributed by atoms with van der Waals surface area (Å²) in [5.41, 5.74) is 5.73. The Morgan fingerprint density at radius 3 is 2.38 bits per heavy atom. The predicted molar refractivity (Wildman–Crippen MR) is 54.4 cm³/mol. The van der Waals surface area contributed by atoms with Crippen LogP contribution in [0.1, 0.15) is 46.0 Å². The van der Waals surface area contributed by atoms with E-state index in [0.717, 1.165) is 12.3 Å². The van der Waals surface area contributed by atoms with Crippen molar-refractivity contribution in [1.82, 2.24) is 0 Å². The molecule has 1 saturated carbocycles. The van der Waals surface area contributed by atoms with E-state index < -0.39 is 0 Å². The summed E-state index contributed by atoms with van der Waals surface area (Å²) >= 11 is 0. The molecular weight excluding hydrogens is 162 g/mol. The van der Waals surface area contributed by atoms with E-state index in [1.54, 1.807) is 6.92 Å². The normalized spacial score (nSPS) is 31.3. The monoisotopic (exact) mass is 183 g/mol. The van der Waals surface area contributed by atoms with Gasteiger partial charge in [0, 0.05) is 0 Å². The Morgan fingerprint density at radius 2 is 1.92 bits per heavy atom. The lowest BCUT2D eigenvalue weighted by atomic mass is 9.80. The zero-order valence-electron chi connectivity index (χ0n) is 8.75. The standard InChI is InChI=1S/C11H21NO/c1-8-3-5-10(6-4-8)7-11(12)9(2)13/h8,10-11H,3-7,12H2,1-2H3/t8?,10?,11-/m0/s1. The van der Waals surface area contributed by atoms with Gasteiger partial charge in [-0.15, -0.1) is 0 Å². The van der Waals surface area contributed by atoms with Crippen molar-refractivity contribution < 1.29 is 4.79 Å². The van der Waals surface area contributed by atoms with Crippen LogP contribution >= 0.6 is 0 Å². The first-order valence-corrected chi connectivity index (χ1v) is 5.35. The minimum atomic E-state index is -0.210. The Hall–Kier alpha value is -0.370. The molecular formula is C11H21NO. The zero-order valence-corrected chi connectivity index (χ0v) is 8.75. The van der Waals surface area contributed by atoms with Gasteiger partial charge in [-0.05, 0) is 25.2 Å². The van der Waals surface area contributed by atoms with Crippen molar-refractivity contribution in [2.75, 3.05) is 0 Å². The molecule has 76 valence electrons. The average molecular weight is 183 g/mol. The molecule has 0 radical (unpaired) electrons. The summed E-state index contributed by atoms with van der Waals surface area (Å²) in [5, 5.41) is 0. The van der Waals surface area contributed by atoms with Crippen LogP contribution in [-0.4, -0.2) is 11.8 Å². The third-order valence-corrected chi connectivity index (χ3v) is 3.24. The molecule has 2 nitrogen and oxygen atoms in total. The van der Waals surface area contributed by atoms with Crippen LogP contribution in [0.2, 0.25) is 0 Å². The van der Waals surface area contributed by atoms with Crippen molar-refractivity contribution in [2.45, 2.75) is 52.0 Å². The molecule has 2 heteroatoms. The van der Waals surface area contributed by atoms with E-state index in [0.29, 0.717) is 5.92 Å². The molecule has 1 atom stereocenters. The van der Waals surface area contributed by atoms with Gasteiger partial charge in [0.15, 0.2) is 0 Å². The smallest absolute Gasteiger partial charge is 0.146 e. The summed E-state index contributed by atoms with van der Waals surface area (Å²) in [6.07, 6.45) is 6.07. The van der Waals surface area contributed by atoms with Gasteiger partial charge < -0.3 is 5.73 Å². The average Bonchev–Trinajstić information content (AvgIpc) is 2.08. The lowest BCUT2D eigenvalue weighted by Crippen LogP contribution is -2.31. The topological polar surface area (TPSA) is 43.1 Å². The van der Waals surface area contributed by atoms with Gasteiger partial charge in [-0.1, -0.05) is 32.6 Å². The van der Waals surface area contributed by atoms with Gasteiger partial charge in [-0.3, -0.25) is 4.79 Å². The van der Waals surface area contributed by atoms with Crippen LogP contribution in [0.4, 0.5) is 0 Å². The van der Waals surface area contributed by atoms with Gasteiger partial charge >= 0.3 is 0 Å². The number of ketones is 1. The Labute approximate surface area is 80.9 Å². The van der Waals surface area contributed by atoms with Gasteiger partial charge in [-0.25, -0.2) is 0 Å². The summed E-state index contributed by atoms with van der Waals surface area (Å²) in [7, 11) is 0. The molecule has 0 heterocycles. The molecule has 0 saturated heterocycles. The van der Waals surface area contributed by atoms with Crippen LogP contribution in [0, 0.1) is 11.8 Å². The van der Waals surface area contributed by atoms with Crippen molar-refractivity contribution in [2.24, 2.45) is 17.6 Å². The first-order valence-electron chi connectivity index (χ1n) is 5.35. The summed E-state index contributed by atoms with van der Waals surface area (Å²) < 4.78 is 0. The third-order valence-electron chi connectivity index (χ3n) is 3.24. The van der Waals surface area contributed by atoms with Crippen molar-refractivity contribution in [1.29, 1.82) is 0 Å². The van der Waals surface area contributed by atoms with Crippen molar-refractivity contribution in [3.05, 3.63) is 0 Å².